The summed E-state index contributed by atoms with van der Waals surface area (Å²) in [6.07, 6.45) is 2.98. The van der Waals surface area contributed by atoms with Gasteiger partial charge in [0, 0.05) is 0 Å². The second kappa shape index (κ2) is 6.89. The van der Waals surface area contributed by atoms with Crippen molar-refractivity contribution in [1.29, 1.82) is 0 Å². The number of aliphatic hydroxyl groups excluding tert-OH is 1. The number of aliphatic hydroxyl groups is 1. The third kappa shape index (κ3) is 9.34. The maximum absolute atomic E-state index is 10.2. The van der Waals surface area contributed by atoms with E-state index in [9.17, 15) is 9.90 Å². The van der Waals surface area contributed by atoms with Gasteiger partial charge in [-0.2, -0.15) is 0 Å². The zero-order chi connectivity index (χ0) is 10.3. The number of aliphatic carboxylic acids is 1. The van der Waals surface area contributed by atoms with E-state index in [4.69, 9.17) is 5.11 Å². The van der Waals surface area contributed by atoms with Gasteiger partial charge in [0.05, 0.1) is 12.5 Å². The summed E-state index contributed by atoms with van der Waals surface area (Å²) in [7, 11) is 0. The predicted molar refractivity (Wildman–Crippen MR) is 51.6 cm³/mol. The molecule has 1 atom stereocenters. The van der Waals surface area contributed by atoms with Gasteiger partial charge in [-0.05, 0) is 12.3 Å². The lowest BCUT2D eigenvalue weighted by Crippen LogP contribution is -2.12. The van der Waals surface area contributed by atoms with Gasteiger partial charge in [-0.1, -0.05) is 33.1 Å². The Balaban J connectivity index is 3.26. The van der Waals surface area contributed by atoms with Crippen molar-refractivity contribution >= 4 is 5.97 Å². The lowest BCUT2D eigenvalue weighted by Gasteiger charge is -2.08. The largest absolute Gasteiger partial charge is 0.481 e. The van der Waals surface area contributed by atoms with E-state index in [-0.39, 0.29) is 6.42 Å². The van der Waals surface area contributed by atoms with Crippen LogP contribution in [0.15, 0.2) is 0 Å². The minimum absolute atomic E-state index is 0.123. The summed E-state index contributed by atoms with van der Waals surface area (Å²) in [5, 5.41) is 17.6. The molecular formula is C10H20O3. The van der Waals surface area contributed by atoms with E-state index >= 15 is 0 Å². The number of hydrogen-bond donors (Lipinski definition) is 2. The number of rotatable bonds is 7. The summed E-state index contributed by atoms with van der Waals surface area (Å²) >= 11 is 0. The van der Waals surface area contributed by atoms with E-state index in [1.54, 1.807) is 0 Å². The summed E-state index contributed by atoms with van der Waals surface area (Å²) in [4.78, 5) is 10.2. The van der Waals surface area contributed by atoms with Crippen LogP contribution in [0.2, 0.25) is 0 Å². The molecule has 0 aromatic heterocycles. The molecule has 78 valence electrons. The molecule has 0 aliphatic heterocycles. The van der Waals surface area contributed by atoms with Crippen LogP contribution in [0.1, 0.15) is 46.0 Å². The molecule has 0 heterocycles. The second-order valence-electron chi connectivity index (χ2n) is 3.93. The van der Waals surface area contributed by atoms with Crippen LogP contribution in [0.25, 0.3) is 0 Å². The zero-order valence-electron chi connectivity index (χ0n) is 8.49. The number of carboxylic acid groups (broad SMARTS) is 1. The predicted octanol–water partition coefficient (Wildman–Crippen LogP) is 2.04. The lowest BCUT2D eigenvalue weighted by molar-refractivity contribution is -0.139. The Morgan fingerprint density at radius 3 is 2.23 bits per heavy atom. The van der Waals surface area contributed by atoms with Gasteiger partial charge >= 0.3 is 5.97 Å². The SMILES string of the molecule is CC(C)CCCCC(O)CC(=O)O. The van der Waals surface area contributed by atoms with Crippen molar-refractivity contribution in [2.75, 3.05) is 0 Å². The first-order valence-electron chi connectivity index (χ1n) is 4.92. The smallest absolute Gasteiger partial charge is 0.305 e. The minimum Gasteiger partial charge on any atom is -0.481 e. The highest BCUT2D eigenvalue weighted by Crippen LogP contribution is 2.10. The Morgan fingerprint density at radius 2 is 1.77 bits per heavy atom. The summed E-state index contributed by atoms with van der Waals surface area (Å²) in [6.45, 7) is 4.32. The maximum atomic E-state index is 10.2. The molecule has 0 amide bonds. The fraction of sp³-hybridized carbons (Fsp3) is 0.900. The van der Waals surface area contributed by atoms with Gasteiger partial charge in [0.2, 0.25) is 0 Å². The van der Waals surface area contributed by atoms with Gasteiger partial charge in [0.25, 0.3) is 0 Å². The molecule has 13 heavy (non-hydrogen) atoms. The Kier molecular flexibility index (Phi) is 6.59. The zero-order valence-corrected chi connectivity index (χ0v) is 8.49. The van der Waals surface area contributed by atoms with Crippen molar-refractivity contribution in [2.24, 2.45) is 5.92 Å². The quantitative estimate of drug-likeness (QED) is 0.601. The molecule has 0 radical (unpaired) electrons. The first-order valence-corrected chi connectivity index (χ1v) is 4.92. The van der Waals surface area contributed by atoms with Crippen LogP contribution >= 0.6 is 0 Å². The minimum atomic E-state index is -0.920. The molecule has 0 aliphatic rings. The molecule has 1 unspecified atom stereocenters. The number of carbonyl (C=O) groups is 1. The van der Waals surface area contributed by atoms with E-state index in [2.05, 4.69) is 13.8 Å². The highest BCUT2D eigenvalue weighted by molar-refractivity contribution is 5.67. The first kappa shape index (κ1) is 12.4. The number of hydrogen-bond acceptors (Lipinski definition) is 2. The molecular weight excluding hydrogens is 168 g/mol. The van der Waals surface area contributed by atoms with Gasteiger partial charge in [-0.25, -0.2) is 0 Å². The molecule has 0 bridgehead atoms. The molecule has 0 aromatic rings. The van der Waals surface area contributed by atoms with E-state index in [1.165, 1.54) is 0 Å². The van der Waals surface area contributed by atoms with Crippen LogP contribution in [0.4, 0.5) is 0 Å². The topological polar surface area (TPSA) is 57.5 Å². The third-order valence-electron chi connectivity index (χ3n) is 1.98. The lowest BCUT2D eigenvalue weighted by atomic mass is 10.0. The number of unbranched alkanes of at least 4 members (excludes halogenated alkanes) is 1. The fourth-order valence-electron chi connectivity index (χ4n) is 1.24. The molecule has 0 saturated carbocycles. The Bertz CT molecular complexity index is 143. The standard InChI is InChI=1S/C10H20O3/c1-8(2)5-3-4-6-9(11)7-10(12)13/h8-9,11H,3-7H2,1-2H3,(H,12,13). The maximum Gasteiger partial charge on any atom is 0.305 e. The molecule has 0 aromatic carbocycles. The van der Waals surface area contributed by atoms with Crippen molar-refractivity contribution in [3.8, 4) is 0 Å². The van der Waals surface area contributed by atoms with Crippen molar-refractivity contribution in [2.45, 2.75) is 52.1 Å². The van der Waals surface area contributed by atoms with Crippen LogP contribution in [-0.2, 0) is 4.79 Å². The first-order chi connectivity index (χ1) is 6.02. The van der Waals surface area contributed by atoms with E-state index in [1.807, 2.05) is 0 Å². The van der Waals surface area contributed by atoms with Crippen LogP contribution in [-0.4, -0.2) is 22.3 Å². The average Bonchev–Trinajstić information content (AvgIpc) is 1.96. The fourth-order valence-corrected chi connectivity index (χ4v) is 1.24. The van der Waals surface area contributed by atoms with Gasteiger partial charge in [-0.3, -0.25) is 4.79 Å². The van der Waals surface area contributed by atoms with Crippen molar-refractivity contribution in [1.82, 2.24) is 0 Å². The molecule has 0 spiro atoms. The monoisotopic (exact) mass is 188 g/mol. The highest BCUT2D eigenvalue weighted by Gasteiger charge is 2.08. The molecule has 3 nitrogen and oxygen atoms in total. The van der Waals surface area contributed by atoms with E-state index < -0.39 is 12.1 Å². The van der Waals surface area contributed by atoms with Gasteiger partial charge in [0.1, 0.15) is 0 Å². The molecule has 0 fully saturated rings. The summed E-state index contributed by atoms with van der Waals surface area (Å²) < 4.78 is 0. The van der Waals surface area contributed by atoms with Gasteiger partial charge in [-0.15, -0.1) is 0 Å². The van der Waals surface area contributed by atoms with Crippen molar-refractivity contribution < 1.29 is 15.0 Å². The summed E-state index contributed by atoms with van der Waals surface area (Å²) in [6, 6.07) is 0. The summed E-state index contributed by atoms with van der Waals surface area (Å²) in [5.41, 5.74) is 0. The van der Waals surface area contributed by atoms with Crippen LogP contribution in [0.3, 0.4) is 0 Å². The average molecular weight is 188 g/mol. The Labute approximate surface area is 79.8 Å². The van der Waals surface area contributed by atoms with Crippen LogP contribution < -0.4 is 0 Å². The van der Waals surface area contributed by atoms with Crippen molar-refractivity contribution in [3.05, 3.63) is 0 Å². The second-order valence-corrected chi connectivity index (χ2v) is 3.93. The summed E-state index contributed by atoms with van der Waals surface area (Å²) in [5.74, 6) is -0.229. The Hall–Kier alpha value is -0.570. The highest BCUT2D eigenvalue weighted by atomic mass is 16.4. The molecule has 0 saturated heterocycles. The van der Waals surface area contributed by atoms with Crippen molar-refractivity contribution in [3.63, 3.8) is 0 Å². The molecule has 0 aliphatic carbocycles. The van der Waals surface area contributed by atoms with Crippen LogP contribution in [0, 0.1) is 5.92 Å². The third-order valence-corrected chi connectivity index (χ3v) is 1.98. The van der Waals surface area contributed by atoms with E-state index in [0.717, 1.165) is 19.3 Å². The molecule has 2 N–H and O–H groups in total. The molecule has 0 rings (SSSR count). The molecule has 3 heteroatoms. The number of carboxylic acids is 1. The van der Waals surface area contributed by atoms with E-state index in [0.29, 0.717) is 12.3 Å². The normalized spacial score (nSPS) is 13.2. The Morgan fingerprint density at radius 1 is 1.23 bits per heavy atom. The van der Waals surface area contributed by atoms with Gasteiger partial charge in [0.15, 0.2) is 0 Å². The van der Waals surface area contributed by atoms with Gasteiger partial charge < -0.3 is 10.2 Å². The van der Waals surface area contributed by atoms with Crippen LogP contribution in [0.5, 0.6) is 0 Å².